The van der Waals surface area contributed by atoms with Crippen LogP contribution < -0.4 is 5.56 Å². The summed E-state index contributed by atoms with van der Waals surface area (Å²) in [5.41, 5.74) is 1.13. The highest BCUT2D eigenvalue weighted by Gasteiger charge is 2.10. The largest absolute Gasteiger partial charge is 0.355 e. The van der Waals surface area contributed by atoms with Gasteiger partial charge < -0.3 is 4.52 Å². The molecule has 0 saturated heterocycles. The zero-order valence-corrected chi connectivity index (χ0v) is 13.3. The molecule has 0 spiro atoms. The van der Waals surface area contributed by atoms with Crippen LogP contribution in [0.1, 0.15) is 5.69 Å². The van der Waals surface area contributed by atoms with Gasteiger partial charge in [-0.05, 0) is 29.6 Å². The second kappa shape index (κ2) is 5.64. The average Bonchev–Trinajstić information content (AvgIpc) is 3.22. The van der Waals surface area contributed by atoms with Gasteiger partial charge >= 0.3 is 0 Å². The molecule has 0 radical (unpaired) electrons. The fraction of sp³-hybridized carbons (Fsp3) is 0.0625. The highest BCUT2D eigenvalue weighted by Crippen LogP contribution is 2.25. The number of thiophene rings is 1. The number of benzene rings is 1. The summed E-state index contributed by atoms with van der Waals surface area (Å²) in [5, 5.41) is 6.99. The van der Waals surface area contributed by atoms with Gasteiger partial charge in [-0.1, -0.05) is 22.8 Å². The zero-order valence-electron chi connectivity index (χ0n) is 11.8. The number of nitrogens with zero attached hydrogens (tertiary/aromatic N) is 3. The number of aromatic nitrogens is 3. The summed E-state index contributed by atoms with van der Waals surface area (Å²) in [5.74, 6) is 0.694. The molecule has 0 atom stereocenters. The van der Waals surface area contributed by atoms with Gasteiger partial charge in [0.1, 0.15) is 5.69 Å². The first-order valence-electron chi connectivity index (χ1n) is 6.85. The lowest BCUT2D eigenvalue weighted by molar-refractivity contribution is 0.421. The van der Waals surface area contributed by atoms with Crippen molar-refractivity contribution in [3.05, 3.63) is 69.2 Å². The second-order valence-electron chi connectivity index (χ2n) is 5.00. The van der Waals surface area contributed by atoms with Crippen LogP contribution in [0.25, 0.3) is 21.5 Å². The summed E-state index contributed by atoms with van der Waals surface area (Å²) in [4.78, 5) is 17.8. The van der Waals surface area contributed by atoms with E-state index in [4.69, 9.17) is 16.1 Å². The quantitative estimate of drug-likeness (QED) is 0.567. The summed E-state index contributed by atoms with van der Waals surface area (Å²) in [6, 6.07) is 10.8. The van der Waals surface area contributed by atoms with E-state index in [1.54, 1.807) is 29.5 Å². The van der Waals surface area contributed by atoms with E-state index < -0.39 is 0 Å². The topological polar surface area (TPSA) is 60.9 Å². The minimum atomic E-state index is -0.154. The molecule has 0 aliphatic rings. The van der Waals surface area contributed by atoms with E-state index in [1.807, 2.05) is 23.6 Å². The van der Waals surface area contributed by atoms with Crippen LogP contribution in [0.3, 0.4) is 0 Å². The highest BCUT2D eigenvalue weighted by atomic mass is 35.5. The maximum absolute atomic E-state index is 12.5. The van der Waals surface area contributed by atoms with Gasteiger partial charge in [0.25, 0.3) is 5.56 Å². The molecular formula is C16H10ClN3O2S. The standard InChI is InChI=1S/C16H10ClN3O2S/c17-10-3-4-13-12(6-10)16(21)20(9-18-13)8-11-7-14(22-19-11)15-2-1-5-23-15/h1-7,9H,8H2. The van der Waals surface area contributed by atoms with E-state index in [0.29, 0.717) is 33.9 Å². The van der Waals surface area contributed by atoms with Crippen LogP contribution in [0, 0.1) is 0 Å². The Labute approximate surface area is 139 Å². The number of halogens is 1. The second-order valence-corrected chi connectivity index (χ2v) is 6.38. The molecule has 114 valence electrons. The zero-order chi connectivity index (χ0) is 15.8. The average molecular weight is 344 g/mol. The molecule has 23 heavy (non-hydrogen) atoms. The third-order valence-corrected chi connectivity index (χ3v) is 4.56. The van der Waals surface area contributed by atoms with E-state index in [1.165, 1.54) is 10.9 Å². The van der Waals surface area contributed by atoms with Crippen LogP contribution in [-0.4, -0.2) is 14.7 Å². The van der Waals surface area contributed by atoms with Crippen molar-refractivity contribution < 1.29 is 4.52 Å². The maximum atomic E-state index is 12.5. The highest BCUT2D eigenvalue weighted by molar-refractivity contribution is 7.13. The lowest BCUT2D eigenvalue weighted by Crippen LogP contribution is -2.21. The molecule has 3 aromatic heterocycles. The number of rotatable bonds is 3. The van der Waals surface area contributed by atoms with E-state index >= 15 is 0 Å². The summed E-state index contributed by atoms with van der Waals surface area (Å²) in [7, 11) is 0. The molecule has 0 unspecified atom stereocenters. The fourth-order valence-electron chi connectivity index (χ4n) is 2.34. The van der Waals surface area contributed by atoms with Crippen LogP contribution >= 0.6 is 22.9 Å². The van der Waals surface area contributed by atoms with Gasteiger partial charge in [0, 0.05) is 11.1 Å². The lowest BCUT2D eigenvalue weighted by atomic mass is 10.2. The monoisotopic (exact) mass is 343 g/mol. The van der Waals surface area contributed by atoms with E-state index in [-0.39, 0.29) is 5.56 Å². The van der Waals surface area contributed by atoms with Gasteiger partial charge in [-0.25, -0.2) is 4.98 Å². The first kappa shape index (κ1) is 14.2. The number of fused-ring (bicyclic) bond motifs is 1. The van der Waals surface area contributed by atoms with E-state index in [2.05, 4.69) is 10.1 Å². The number of hydrogen-bond acceptors (Lipinski definition) is 5. The van der Waals surface area contributed by atoms with Crippen molar-refractivity contribution in [1.82, 2.24) is 14.7 Å². The SMILES string of the molecule is O=c1c2cc(Cl)ccc2ncn1Cc1cc(-c2cccs2)on1. The van der Waals surface area contributed by atoms with Crippen LogP contribution in [0.15, 0.2) is 57.4 Å². The Morgan fingerprint density at radius 2 is 2.17 bits per heavy atom. The predicted octanol–water partition coefficient (Wildman–Crippen LogP) is 3.81. The van der Waals surface area contributed by atoms with Crippen LogP contribution in [0.5, 0.6) is 0 Å². The summed E-state index contributed by atoms with van der Waals surface area (Å²) in [6.45, 7) is 0.295. The van der Waals surface area contributed by atoms with Crippen molar-refractivity contribution in [3.63, 3.8) is 0 Å². The van der Waals surface area contributed by atoms with Crippen molar-refractivity contribution in [2.24, 2.45) is 0 Å². The predicted molar refractivity (Wildman–Crippen MR) is 89.9 cm³/mol. The van der Waals surface area contributed by atoms with Gasteiger partial charge in [0.2, 0.25) is 0 Å². The number of hydrogen-bond donors (Lipinski definition) is 0. The Hall–Kier alpha value is -2.44. The molecule has 0 aliphatic heterocycles. The third-order valence-electron chi connectivity index (χ3n) is 3.44. The third kappa shape index (κ3) is 2.67. The Kier molecular flexibility index (Phi) is 3.48. The Morgan fingerprint density at radius 3 is 3.00 bits per heavy atom. The van der Waals surface area contributed by atoms with Gasteiger partial charge in [-0.3, -0.25) is 9.36 Å². The Morgan fingerprint density at radius 1 is 1.26 bits per heavy atom. The lowest BCUT2D eigenvalue weighted by Gasteiger charge is -2.04. The molecule has 5 nitrogen and oxygen atoms in total. The first-order valence-corrected chi connectivity index (χ1v) is 8.10. The molecule has 0 aliphatic carbocycles. The van der Waals surface area contributed by atoms with Crippen LogP contribution in [0.4, 0.5) is 0 Å². The molecule has 0 fully saturated rings. The summed E-state index contributed by atoms with van der Waals surface area (Å²) in [6.07, 6.45) is 1.51. The smallest absolute Gasteiger partial charge is 0.261 e. The molecule has 0 bridgehead atoms. The van der Waals surface area contributed by atoms with Crippen molar-refractivity contribution in [2.75, 3.05) is 0 Å². The van der Waals surface area contributed by atoms with Gasteiger partial charge in [-0.2, -0.15) is 0 Å². The first-order chi connectivity index (χ1) is 11.2. The van der Waals surface area contributed by atoms with Crippen molar-refractivity contribution in [3.8, 4) is 10.6 Å². The summed E-state index contributed by atoms with van der Waals surface area (Å²) < 4.78 is 6.83. The Bertz CT molecular complexity index is 1040. The Balaban J connectivity index is 1.70. The maximum Gasteiger partial charge on any atom is 0.261 e. The van der Waals surface area contributed by atoms with E-state index in [0.717, 1.165) is 4.88 Å². The molecule has 0 saturated carbocycles. The van der Waals surface area contributed by atoms with Crippen LogP contribution in [0.2, 0.25) is 5.02 Å². The van der Waals surface area contributed by atoms with Gasteiger partial charge in [-0.15, -0.1) is 11.3 Å². The summed E-state index contributed by atoms with van der Waals surface area (Å²) >= 11 is 7.53. The van der Waals surface area contributed by atoms with Crippen molar-refractivity contribution in [1.29, 1.82) is 0 Å². The molecule has 0 N–H and O–H groups in total. The van der Waals surface area contributed by atoms with Crippen molar-refractivity contribution in [2.45, 2.75) is 6.54 Å². The molecule has 0 amide bonds. The molecule has 4 aromatic rings. The molecule has 7 heteroatoms. The van der Waals surface area contributed by atoms with E-state index in [9.17, 15) is 4.79 Å². The van der Waals surface area contributed by atoms with Crippen molar-refractivity contribution >= 4 is 33.8 Å². The molecular weight excluding hydrogens is 334 g/mol. The van der Waals surface area contributed by atoms with Gasteiger partial charge in [0.15, 0.2) is 5.76 Å². The molecule has 3 heterocycles. The molecule has 1 aromatic carbocycles. The van der Waals surface area contributed by atoms with Crippen LogP contribution in [-0.2, 0) is 6.54 Å². The molecule has 4 rings (SSSR count). The normalized spacial score (nSPS) is 11.2. The van der Waals surface area contributed by atoms with Gasteiger partial charge in [0.05, 0.1) is 28.7 Å². The minimum Gasteiger partial charge on any atom is -0.355 e. The fourth-order valence-corrected chi connectivity index (χ4v) is 3.18. The minimum absolute atomic E-state index is 0.154.